The van der Waals surface area contributed by atoms with Gasteiger partial charge in [-0.1, -0.05) is 36.9 Å². The summed E-state index contributed by atoms with van der Waals surface area (Å²) < 4.78 is 0. The van der Waals surface area contributed by atoms with Crippen molar-refractivity contribution in [3.8, 4) is 0 Å². The Hall–Kier alpha value is -2.14. The highest BCUT2D eigenvalue weighted by Gasteiger charge is 2.28. The molecule has 0 aliphatic carbocycles. The molecule has 1 unspecified atom stereocenters. The number of nitrogens with one attached hydrogen (secondary N) is 1. The monoisotopic (exact) mass is 298 g/mol. The van der Waals surface area contributed by atoms with Crippen LogP contribution >= 0.6 is 11.8 Å². The summed E-state index contributed by atoms with van der Waals surface area (Å²) in [6.45, 7) is 1.82. The van der Waals surface area contributed by atoms with Crippen molar-refractivity contribution in [3.63, 3.8) is 0 Å². The summed E-state index contributed by atoms with van der Waals surface area (Å²) >= 11 is 1.57. The highest BCUT2D eigenvalue weighted by molar-refractivity contribution is 8.15. The van der Waals surface area contributed by atoms with Crippen molar-refractivity contribution in [2.45, 2.75) is 18.6 Å². The number of carbonyl (C=O) groups is 2. The van der Waals surface area contributed by atoms with Gasteiger partial charge in [0.2, 0.25) is 5.91 Å². The van der Waals surface area contributed by atoms with Crippen LogP contribution in [0.15, 0.2) is 53.2 Å². The lowest BCUT2D eigenvalue weighted by atomic mass is 10.1. The number of rotatable bonds is 3. The summed E-state index contributed by atoms with van der Waals surface area (Å²) in [5, 5.41) is 3.70. The van der Waals surface area contributed by atoms with E-state index in [-0.39, 0.29) is 16.9 Å². The Balaban J connectivity index is 1.77. The average molecular weight is 298 g/mol. The average Bonchev–Trinajstić information content (AvgIpc) is 2.93. The lowest BCUT2D eigenvalue weighted by Gasteiger charge is -2.09. The lowest BCUT2D eigenvalue weighted by molar-refractivity contribution is -0.116. The first-order chi connectivity index (χ1) is 10.2. The maximum atomic E-state index is 11.8. The summed E-state index contributed by atoms with van der Waals surface area (Å²) in [5.74, 6) is 0.0129. The Morgan fingerprint density at radius 1 is 1.33 bits per heavy atom. The molecule has 0 bridgehead atoms. The summed E-state index contributed by atoms with van der Waals surface area (Å²) in [6, 6.07) is 7.70. The number of hydrogen-bond acceptors (Lipinski definition) is 4. The summed E-state index contributed by atoms with van der Waals surface area (Å²) in [7, 11) is 0. The molecule has 1 atom stereocenters. The Labute approximate surface area is 127 Å². The van der Waals surface area contributed by atoms with Crippen LogP contribution in [0, 0.1) is 0 Å². The van der Waals surface area contributed by atoms with Crippen molar-refractivity contribution < 1.29 is 9.59 Å². The summed E-state index contributed by atoms with van der Waals surface area (Å²) in [5.41, 5.74) is 2.57. The van der Waals surface area contributed by atoms with E-state index in [0.717, 1.165) is 16.3 Å². The zero-order chi connectivity index (χ0) is 14.8. The van der Waals surface area contributed by atoms with Crippen LogP contribution in [-0.4, -0.2) is 16.7 Å². The van der Waals surface area contributed by atoms with Gasteiger partial charge in [-0.25, -0.2) is 4.99 Å². The minimum Gasteiger partial charge on any atom is -0.326 e. The van der Waals surface area contributed by atoms with Gasteiger partial charge in [0.15, 0.2) is 5.78 Å². The second kappa shape index (κ2) is 5.69. The van der Waals surface area contributed by atoms with E-state index >= 15 is 0 Å². The molecule has 2 aliphatic heterocycles. The van der Waals surface area contributed by atoms with Crippen molar-refractivity contribution in [1.82, 2.24) is 0 Å². The van der Waals surface area contributed by atoms with Gasteiger partial charge in [0.05, 0.1) is 10.8 Å². The highest BCUT2D eigenvalue weighted by atomic mass is 32.2. The molecular weight excluding hydrogens is 284 g/mol. The highest BCUT2D eigenvalue weighted by Crippen LogP contribution is 2.41. The largest absolute Gasteiger partial charge is 0.326 e. The van der Waals surface area contributed by atoms with Gasteiger partial charge in [0.25, 0.3) is 0 Å². The number of allylic oxidation sites excluding steroid dienone is 1. The first-order valence-electron chi connectivity index (χ1n) is 6.74. The van der Waals surface area contributed by atoms with Gasteiger partial charge in [-0.3, -0.25) is 9.59 Å². The minimum absolute atomic E-state index is 0.00263. The van der Waals surface area contributed by atoms with E-state index < -0.39 is 0 Å². The van der Waals surface area contributed by atoms with Gasteiger partial charge in [0, 0.05) is 24.4 Å². The minimum atomic E-state index is -0.00263. The Morgan fingerprint density at radius 2 is 2.10 bits per heavy atom. The van der Waals surface area contributed by atoms with Crippen LogP contribution in [0.1, 0.15) is 24.2 Å². The molecule has 0 fully saturated rings. The number of amides is 1. The third-order valence-corrected chi connectivity index (χ3v) is 4.53. The number of thioether (sulfide) groups is 1. The van der Waals surface area contributed by atoms with Gasteiger partial charge in [-0.05, 0) is 17.7 Å². The van der Waals surface area contributed by atoms with Crippen LogP contribution in [0.3, 0.4) is 0 Å². The van der Waals surface area contributed by atoms with Gasteiger partial charge in [0.1, 0.15) is 5.04 Å². The van der Waals surface area contributed by atoms with Crippen molar-refractivity contribution >= 4 is 34.2 Å². The van der Waals surface area contributed by atoms with E-state index in [1.54, 1.807) is 18.0 Å². The smallest absolute Gasteiger partial charge is 0.224 e. The molecule has 5 heteroatoms. The zero-order valence-electron chi connectivity index (χ0n) is 11.5. The zero-order valence-corrected chi connectivity index (χ0v) is 12.3. The van der Waals surface area contributed by atoms with Crippen molar-refractivity contribution in [3.05, 3.63) is 53.8 Å². The maximum absolute atomic E-state index is 11.8. The lowest BCUT2D eigenvalue weighted by Crippen LogP contribution is -2.09. The third kappa shape index (κ3) is 2.83. The fourth-order valence-electron chi connectivity index (χ4n) is 2.16. The Kier molecular flexibility index (Phi) is 3.75. The fraction of sp³-hybridized carbons (Fsp3) is 0.188. The SMILES string of the molecule is CCC(=O)Nc1ccc(C2C=C3C(=O)C=CN=C3S2)cc1. The molecule has 0 saturated heterocycles. The van der Waals surface area contributed by atoms with Crippen LogP contribution in [-0.2, 0) is 9.59 Å². The third-order valence-electron chi connectivity index (χ3n) is 3.31. The standard InChI is InChI=1S/C16H14N2O2S/c1-2-15(20)18-11-5-3-10(4-6-11)14-9-12-13(19)7-8-17-16(12)21-14/h3-9,14H,2H2,1H3,(H,18,20). The van der Waals surface area contributed by atoms with Gasteiger partial charge in [-0.15, -0.1) is 0 Å². The molecule has 1 amide bonds. The maximum Gasteiger partial charge on any atom is 0.224 e. The molecule has 2 aliphatic rings. The number of aliphatic imine (C=N–C) groups is 1. The second-order valence-electron chi connectivity index (χ2n) is 4.76. The van der Waals surface area contributed by atoms with Gasteiger partial charge < -0.3 is 5.32 Å². The molecule has 106 valence electrons. The Bertz CT molecular complexity index is 687. The van der Waals surface area contributed by atoms with Crippen LogP contribution in [0.25, 0.3) is 0 Å². The van der Waals surface area contributed by atoms with E-state index in [1.807, 2.05) is 37.3 Å². The molecule has 3 rings (SSSR count). The van der Waals surface area contributed by atoms with E-state index in [1.165, 1.54) is 6.08 Å². The molecule has 21 heavy (non-hydrogen) atoms. The summed E-state index contributed by atoms with van der Waals surface area (Å²) in [6.07, 6.45) is 5.45. The number of nitrogens with zero attached hydrogens (tertiary/aromatic N) is 1. The van der Waals surface area contributed by atoms with Crippen molar-refractivity contribution in [2.75, 3.05) is 5.32 Å². The molecule has 1 N–H and O–H groups in total. The van der Waals surface area contributed by atoms with Gasteiger partial charge >= 0.3 is 0 Å². The van der Waals surface area contributed by atoms with E-state index in [0.29, 0.717) is 12.0 Å². The first kappa shape index (κ1) is 13.8. The molecule has 0 spiro atoms. The van der Waals surface area contributed by atoms with E-state index in [9.17, 15) is 9.59 Å². The fourth-order valence-corrected chi connectivity index (χ4v) is 3.32. The van der Waals surface area contributed by atoms with Crippen LogP contribution in [0.5, 0.6) is 0 Å². The van der Waals surface area contributed by atoms with Crippen LogP contribution in [0.2, 0.25) is 0 Å². The molecule has 0 aromatic heterocycles. The number of benzene rings is 1. The van der Waals surface area contributed by atoms with E-state index in [2.05, 4.69) is 10.3 Å². The Morgan fingerprint density at radius 3 is 2.76 bits per heavy atom. The normalized spacial score (nSPS) is 19.9. The van der Waals surface area contributed by atoms with Crippen molar-refractivity contribution in [2.24, 2.45) is 4.99 Å². The predicted molar refractivity (Wildman–Crippen MR) is 85.4 cm³/mol. The first-order valence-corrected chi connectivity index (χ1v) is 7.62. The number of carbonyl (C=O) groups excluding carboxylic acids is 2. The van der Waals surface area contributed by atoms with Crippen molar-refractivity contribution in [1.29, 1.82) is 0 Å². The number of hydrogen-bond donors (Lipinski definition) is 1. The quantitative estimate of drug-likeness (QED) is 0.932. The molecule has 1 aromatic carbocycles. The molecular formula is C16H14N2O2S. The number of fused-ring (bicyclic) bond motifs is 1. The summed E-state index contributed by atoms with van der Waals surface area (Å²) in [4.78, 5) is 27.3. The molecule has 1 aromatic rings. The molecule has 4 nitrogen and oxygen atoms in total. The topological polar surface area (TPSA) is 58.5 Å². The van der Waals surface area contributed by atoms with E-state index in [4.69, 9.17) is 0 Å². The van der Waals surface area contributed by atoms with Gasteiger partial charge in [-0.2, -0.15) is 0 Å². The molecule has 2 heterocycles. The molecule has 0 radical (unpaired) electrons. The predicted octanol–water partition coefficient (Wildman–Crippen LogP) is 3.24. The van der Waals surface area contributed by atoms with Crippen LogP contribution in [0.4, 0.5) is 5.69 Å². The number of anilines is 1. The van der Waals surface area contributed by atoms with Crippen LogP contribution < -0.4 is 5.32 Å². The molecule has 0 saturated carbocycles. The second-order valence-corrected chi connectivity index (χ2v) is 5.89. The number of ketones is 1.